The molecule has 0 aliphatic rings. The smallest absolute Gasteiger partial charge is 0.247 e. The van der Waals surface area contributed by atoms with Crippen LogP contribution in [0.15, 0.2) is 0 Å². The van der Waals surface area contributed by atoms with Gasteiger partial charge in [-0.05, 0) is 12.8 Å². The van der Waals surface area contributed by atoms with Crippen molar-refractivity contribution in [2.45, 2.75) is 129 Å². The first-order chi connectivity index (χ1) is 14.8. The fourth-order valence-corrected chi connectivity index (χ4v) is 5.06. The van der Waals surface area contributed by atoms with E-state index in [1.54, 1.807) is 0 Å². The van der Waals surface area contributed by atoms with Gasteiger partial charge < -0.3 is 0 Å². The first kappa shape index (κ1) is 30.8. The van der Waals surface area contributed by atoms with Gasteiger partial charge in [-0.1, -0.05) is 117 Å². The molecule has 0 radical (unpaired) electrons. The lowest BCUT2D eigenvalue weighted by Crippen LogP contribution is -2.19. The molecular formula is C22H46O7S2. The van der Waals surface area contributed by atoms with E-state index in [9.17, 15) is 16.8 Å². The highest BCUT2D eigenvalue weighted by Gasteiger charge is 2.24. The highest BCUT2D eigenvalue weighted by Crippen LogP contribution is 2.13. The summed E-state index contributed by atoms with van der Waals surface area (Å²) in [7, 11) is -9.24. The van der Waals surface area contributed by atoms with E-state index in [4.69, 9.17) is 0 Å². The van der Waals surface area contributed by atoms with Crippen LogP contribution in [0.3, 0.4) is 0 Å². The van der Waals surface area contributed by atoms with Crippen molar-refractivity contribution in [3.05, 3.63) is 0 Å². The fraction of sp³-hybridized carbons (Fsp3) is 1.00. The molecule has 0 rings (SSSR count). The zero-order valence-corrected chi connectivity index (χ0v) is 21.4. The monoisotopic (exact) mass is 486 g/mol. The van der Waals surface area contributed by atoms with Crippen LogP contribution in [-0.2, 0) is 32.8 Å². The lowest BCUT2D eigenvalue weighted by Gasteiger charge is -2.07. The maximum atomic E-state index is 11.7. The number of hydrogen-bond acceptors (Lipinski definition) is 7. The standard InChI is InChI=1S/C22H46O7S2/c1-3-5-7-9-11-13-15-17-19-21-27-30(23,24)29-31(25,26)28-22-20-18-16-14-12-10-8-6-4-2/h3-22H2,1-2H3. The van der Waals surface area contributed by atoms with Gasteiger partial charge in [-0.2, -0.15) is 16.8 Å². The van der Waals surface area contributed by atoms with E-state index in [1.807, 2.05) is 0 Å². The molecule has 188 valence electrons. The molecule has 0 aromatic carbocycles. The predicted molar refractivity (Wildman–Crippen MR) is 125 cm³/mol. The molecule has 0 aliphatic heterocycles. The Morgan fingerprint density at radius 2 is 0.677 bits per heavy atom. The third-order valence-electron chi connectivity index (χ3n) is 5.12. The molecule has 0 amide bonds. The Kier molecular flexibility index (Phi) is 20.2. The summed E-state index contributed by atoms with van der Waals surface area (Å²) in [4.78, 5) is 0. The summed E-state index contributed by atoms with van der Waals surface area (Å²) in [6, 6.07) is 0. The van der Waals surface area contributed by atoms with Gasteiger partial charge in [0, 0.05) is 0 Å². The van der Waals surface area contributed by atoms with Gasteiger partial charge in [-0.25, -0.2) is 8.37 Å². The summed E-state index contributed by atoms with van der Waals surface area (Å²) < 4.78 is 60.0. The molecule has 0 saturated heterocycles. The van der Waals surface area contributed by atoms with Gasteiger partial charge in [0.2, 0.25) is 0 Å². The number of rotatable bonds is 24. The molecule has 0 fully saturated rings. The van der Waals surface area contributed by atoms with Crippen molar-refractivity contribution < 1.29 is 28.8 Å². The van der Waals surface area contributed by atoms with Crippen LogP contribution < -0.4 is 0 Å². The second-order valence-corrected chi connectivity index (χ2v) is 10.8. The molecular weight excluding hydrogens is 440 g/mol. The molecule has 0 aliphatic carbocycles. The largest absolute Gasteiger partial charge is 0.416 e. The van der Waals surface area contributed by atoms with E-state index >= 15 is 0 Å². The molecule has 0 aromatic heterocycles. The maximum absolute atomic E-state index is 11.7. The lowest BCUT2D eigenvalue weighted by atomic mass is 10.1. The minimum Gasteiger partial charge on any atom is -0.247 e. The Bertz CT molecular complexity index is 537. The van der Waals surface area contributed by atoms with E-state index < -0.39 is 20.8 Å². The molecule has 0 unspecified atom stereocenters. The average Bonchev–Trinajstić information content (AvgIpc) is 2.70. The third-order valence-corrected chi connectivity index (χ3v) is 7.36. The second-order valence-electron chi connectivity index (χ2n) is 8.19. The van der Waals surface area contributed by atoms with Crippen LogP contribution in [0.2, 0.25) is 0 Å². The van der Waals surface area contributed by atoms with Crippen LogP contribution in [0.5, 0.6) is 0 Å². The minimum atomic E-state index is -4.62. The first-order valence-corrected chi connectivity index (χ1v) is 15.0. The van der Waals surface area contributed by atoms with E-state index in [1.165, 1.54) is 64.2 Å². The Hall–Kier alpha value is -0.220. The molecule has 9 heteroatoms. The zero-order valence-electron chi connectivity index (χ0n) is 19.8. The molecule has 0 heterocycles. The summed E-state index contributed by atoms with van der Waals surface area (Å²) in [5, 5.41) is 0. The van der Waals surface area contributed by atoms with Crippen LogP contribution in [0.4, 0.5) is 0 Å². The van der Waals surface area contributed by atoms with Crippen LogP contribution in [0.25, 0.3) is 0 Å². The summed E-state index contributed by atoms with van der Waals surface area (Å²) in [5.41, 5.74) is 0. The van der Waals surface area contributed by atoms with Crippen molar-refractivity contribution in [3.8, 4) is 0 Å². The number of unbranched alkanes of at least 4 members (excludes halogenated alkanes) is 16. The molecule has 0 aromatic rings. The Morgan fingerprint density at radius 3 is 0.968 bits per heavy atom. The molecule has 0 N–H and O–H groups in total. The molecule has 0 saturated carbocycles. The van der Waals surface area contributed by atoms with Gasteiger partial charge in [0.05, 0.1) is 13.2 Å². The van der Waals surface area contributed by atoms with E-state index in [0.29, 0.717) is 12.8 Å². The highest BCUT2D eigenvalue weighted by atomic mass is 32.3. The summed E-state index contributed by atoms with van der Waals surface area (Å²) >= 11 is 0. The van der Waals surface area contributed by atoms with Crippen LogP contribution in [0.1, 0.15) is 129 Å². The Labute approximate surface area is 192 Å². The number of hydrogen-bond donors (Lipinski definition) is 0. The molecule has 0 atom stereocenters. The first-order valence-electron chi connectivity index (χ1n) is 12.3. The van der Waals surface area contributed by atoms with Crippen LogP contribution in [0, 0.1) is 0 Å². The van der Waals surface area contributed by atoms with Gasteiger partial charge in [-0.15, -0.1) is 3.63 Å². The van der Waals surface area contributed by atoms with Gasteiger partial charge in [0.25, 0.3) is 0 Å². The minimum absolute atomic E-state index is 0.0913. The topological polar surface area (TPSA) is 96.0 Å². The van der Waals surface area contributed by atoms with Crippen molar-refractivity contribution in [1.29, 1.82) is 0 Å². The molecule has 7 nitrogen and oxygen atoms in total. The van der Waals surface area contributed by atoms with Gasteiger partial charge in [0.1, 0.15) is 0 Å². The Balaban J connectivity index is 3.71. The van der Waals surface area contributed by atoms with E-state index in [-0.39, 0.29) is 13.2 Å². The highest BCUT2D eigenvalue weighted by molar-refractivity contribution is 7.95. The van der Waals surface area contributed by atoms with Crippen molar-refractivity contribution in [2.24, 2.45) is 0 Å². The quantitative estimate of drug-likeness (QED) is 0.142. The maximum Gasteiger partial charge on any atom is 0.416 e. The lowest BCUT2D eigenvalue weighted by molar-refractivity contribution is 0.232. The van der Waals surface area contributed by atoms with Crippen molar-refractivity contribution in [3.63, 3.8) is 0 Å². The summed E-state index contributed by atoms with van der Waals surface area (Å²) in [5.74, 6) is 0. The van der Waals surface area contributed by atoms with Crippen molar-refractivity contribution >= 4 is 20.8 Å². The predicted octanol–water partition coefficient (Wildman–Crippen LogP) is 6.59. The third kappa shape index (κ3) is 22.8. The SMILES string of the molecule is CCCCCCCCCCCOS(=O)(=O)OS(=O)(=O)OCCCCCCCCCCC. The molecule has 0 spiro atoms. The molecule has 0 bridgehead atoms. The summed E-state index contributed by atoms with van der Waals surface area (Å²) in [6.07, 6.45) is 19.4. The van der Waals surface area contributed by atoms with E-state index in [0.717, 1.165) is 38.5 Å². The normalized spacial score (nSPS) is 12.5. The van der Waals surface area contributed by atoms with Crippen molar-refractivity contribution in [2.75, 3.05) is 13.2 Å². The zero-order chi connectivity index (χ0) is 23.3. The van der Waals surface area contributed by atoms with Gasteiger partial charge >= 0.3 is 20.8 Å². The van der Waals surface area contributed by atoms with Crippen LogP contribution >= 0.6 is 0 Å². The van der Waals surface area contributed by atoms with Crippen molar-refractivity contribution in [1.82, 2.24) is 0 Å². The molecule has 31 heavy (non-hydrogen) atoms. The summed E-state index contributed by atoms with van der Waals surface area (Å²) in [6.45, 7) is 4.19. The Morgan fingerprint density at radius 1 is 0.419 bits per heavy atom. The van der Waals surface area contributed by atoms with Crippen LogP contribution in [-0.4, -0.2) is 30.0 Å². The van der Waals surface area contributed by atoms with Gasteiger partial charge in [-0.3, -0.25) is 0 Å². The second kappa shape index (κ2) is 20.4. The van der Waals surface area contributed by atoms with Gasteiger partial charge in [0.15, 0.2) is 0 Å². The average molecular weight is 487 g/mol. The fourth-order valence-electron chi connectivity index (χ4n) is 3.29. The van der Waals surface area contributed by atoms with E-state index in [2.05, 4.69) is 25.8 Å².